The first-order chi connectivity index (χ1) is 4.89. The van der Waals surface area contributed by atoms with Crippen molar-refractivity contribution in [3.63, 3.8) is 0 Å². The Hall–Kier alpha value is -0.380. The van der Waals surface area contributed by atoms with Crippen molar-refractivity contribution in [1.29, 1.82) is 0 Å². The second-order valence-corrected chi connectivity index (χ2v) is 2.72. The largest absolute Gasteiger partial charge is 0.375 e. The quantitative estimate of drug-likeness (QED) is 0.512. The Morgan fingerprint density at radius 3 is 2.40 bits per heavy atom. The summed E-state index contributed by atoms with van der Waals surface area (Å²) in [6.45, 7) is 2.21. The van der Waals surface area contributed by atoms with Crippen molar-refractivity contribution in [1.82, 2.24) is 5.32 Å². The summed E-state index contributed by atoms with van der Waals surface area (Å²) in [7, 11) is -1.94. The minimum atomic E-state index is -1.94. The molecule has 0 spiro atoms. The zero-order valence-corrected chi connectivity index (χ0v) is 6.37. The van der Waals surface area contributed by atoms with E-state index in [1.54, 1.807) is 6.34 Å². The van der Waals surface area contributed by atoms with Gasteiger partial charge in [0.05, 0.1) is 12.9 Å². The van der Waals surface area contributed by atoms with Gasteiger partial charge >= 0.3 is 8.25 Å². The van der Waals surface area contributed by atoms with E-state index in [0.29, 0.717) is 0 Å². The Morgan fingerprint density at radius 1 is 1.60 bits per heavy atom. The Bertz CT molecular complexity index is 137. The van der Waals surface area contributed by atoms with Crippen molar-refractivity contribution in [3.8, 4) is 0 Å². The fourth-order valence-electron chi connectivity index (χ4n) is 0.430. The molecule has 1 N–H and O–H groups in total. The third-order valence-corrected chi connectivity index (χ3v) is 1.63. The van der Waals surface area contributed by atoms with Crippen LogP contribution in [0.2, 0.25) is 0 Å². The molecular weight excluding hydrogens is 155 g/mol. The molecule has 0 aromatic heterocycles. The Labute approximate surface area is 59.4 Å². The molecule has 1 fully saturated rings. The van der Waals surface area contributed by atoms with E-state index in [2.05, 4.69) is 19.4 Å². The van der Waals surface area contributed by atoms with Crippen molar-refractivity contribution >= 4 is 14.6 Å². The molecule has 2 aliphatic heterocycles. The van der Waals surface area contributed by atoms with Gasteiger partial charge in [0.1, 0.15) is 0 Å². The van der Waals surface area contributed by atoms with Crippen molar-refractivity contribution in [2.75, 3.05) is 19.9 Å². The maximum atomic E-state index is 9.64. The van der Waals surface area contributed by atoms with Gasteiger partial charge in [-0.15, -0.1) is 0 Å². The molecule has 2 rings (SSSR count). The lowest BCUT2D eigenvalue weighted by Crippen LogP contribution is -2.04. The van der Waals surface area contributed by atoms with Crippen LogP contribution in [0.4, 0.5) is 0 Å². The van der Waals surface area contributed by atoms with Gasteiger partial charge in [0.25, 0.3) is 0 Å². The second-order valence-electron chi connectivity index (χ2n) is 1.65. The molecule has 2 heterocycles. The van der Waals surface area contributed by atoms with E-state index in [1.165, 1.54) is 0 Å². The van der Waals surface area contributed by atoms with E-state index in [1.807, 2.05) is 0 Å². The van der Waals surface area contributed by atoms with E-state index in [4.69, 9.17) is 0 Å². The van der Waals surface area contributed by atoms with Crippen molar-refractivity contribution < 1.29 is 13.6 Å². The van der Waals surface area contributed by atoms with Gasteiger partial charge in [-0.3, -0.25) is 18.6 Å². The van der Waals surface area contributed by atoms with Crippen LogP contribution in [0.3, 0.4) is 0 Å². The van der Waals surface area contributed by atoms with Crippen LogP contribution in [-0.2, 0) is 13.6 Å². The average molecular weight is 164 g/mol. The molecule has 6 heteroatoms. The van der Waals surface area contributed by atoms with E-state index in [-0.39, 0.29) is 6.79 Å². The maximum Gasteiger partial charge on any atom is 0.323 e. The highest BCUT2D eigenvalue weighted by Crippen LogP contribution is 2.32. The molecule has 0 bridgehead atoms. The summed E-state index contributed by atoms with van der Waals surface area (Å²) in [4.78, 5) is 3.85. The van der Waals surface area contributed by atoms with Gasteiger partial charge in [-0.25, -0.2) is 0 Å². The third-order valence-electron chi connectivity index (χ3n) is 0.921. The average Bonchev–Trinajstić information content (AvgIpc) is 2.38. The lowest BCUT2D eigenvalue weighted by atomic mass is 10.7. The number of nitrogens with zero attached hydrogens (tertiary/aromatic N) is 1. The fourth-order valence-corrected chi connectivity index (χ4v) is 0.644. The predicted molar refractivity (Wildman–Crippen MR) is 37.4 cm³/mol. The Kier molecular flexibility index (Phi) is 3.43. The second kappa shape index (κ2) is 4.44. The van der Waals surface area contributed by atoms with E-state index < -0.39 is 8.25 Å². The molecule has 1 saturated heterocycles. The van der Waals surface area contributed by atoms with Gasteiger partial charge in [-0.2, -0.15) is 0 Å². The molecule has 5 nitrogen and oxygen atoms in total. The van der Waals surface area contributed by atoms with E-state index >= 15 is 0 Å². The van der Waals surface area contributed by atoms with Gasteiger partial charge < -0.3 is 5.32 Å². The van der Waals surface area contributed by atoms with Crippen LogP contribution in [0.1, 0.15) is 0 Å². The molecule has 0 radical (unpaired) electrons. The molecule has 58 valence electrons. The van der Waals surface area contributed by atoms with Crippen LogP contribution in [-0.4, -0.2) is 26.2 Å². The van der Waals surface area contributed by atoms with Gasteiger partial charge in [0, 0.05) is 6.54 Å². The summed E-state index contributed by atoms with van der Waals surface area (Å²) >= 11 is 0. The van der Waals surface area contributed by atoms with Crippen molar-refractivity contribution in [3.05, 3.63) is 0 Å². The lowest BCUT2D eigenvalue weighted by Gasteiger charge is -2.10. The van der Waals surface area contributed by atoms with Crippen molar-refractivity contribution in [2.24, 2.45) is 4.99 Å². The minimum Gasteiger partial charge on any atom is -0.375 e. The van der Waals surface area contributed by atoms with Crippen molar-refractivity contribution in [2.45, 2.75) is 0 Å². The van der Waals surface area contributed by atoms with E-state index in [0.717, 1.165) is 13.1 Å². The van der Waals surface area contributed by atoms with Gasteiger partial charge in [0.15, 0.2) is 6.79 Å². The molecule has 10 heavy (non-hydrogen) atoms. The van der Waals surface area contributed by atoms with Crippen LogP contribution in [0.5, 0.6) is 0 Å². The number of rotatable bonds is 0. The zero-order valence-electron chi connectivity index (χ0n) is 5.37. The highest BCUT2D eigenvalue weighted by Gasteiger charge is 2.07. The third kappa shape index (κ3) is 2.96. The summed E-state index contributed by atoms with van der Waals surface area (Å²) < 4.78 is 18.1. The molecule has 0 atom stereocenters. The number of hydrogen-bond acceptors (Lipinski definition) is 5. The van der Waals surface area contributed by atoms with Crippen LogP contribution < -0.4 is 5.32 Å². The normalized spacial score (nSPS) is 22.4. The smallest absolute Gasteiger partial charge is 0.323 e. The summed E-state index contributed by atoms with van der Waals surface area (Å²) in [6, 6.07) is 0. The van der Waals surface area contributed by atoms with Crippen LogP contribution in [0.15, 0.2) is 4.99 Å². The van der Waals surface area contributed by atoms with Gasteiger partial charge in [-0.1, -0.05) is 0 Å². The Morgan fingerprint density at radius 2 is 2.30 bits per heavy atom. The zero-order chi connectivity index (χ0) is 7.23. The molecule has 0 amide bonds. The standard InChI is InChI=1S/C3H6N2.CH3O3P/c1-2-5-3-4-1;2-5-3-1-4-5/h3H,1-2H2,(H,4,5);5H,1H2. The Balaban J connectivity index is 0.0000001000. The highest BCUT2D eigenvalue weighted by molar-refractivity contribution is 7.34. The molecular formula is C4H9N2O3P. The molecule has 0 aromatic carbocycles. The molecule has 0 aliphatic carbocycles. The van der Waals surface area contributed by atoms with Crippen LogP contribution in [0, 0.1) is 0 Å². The summed E-state index contributed by atoms with van der Waals surface area (Å²) in [5.74, 6) is 0. The molecule has 0 aromatic rings. The van der Waals surface area contributed by atoms with Gasteiger partial charge in [-0.05, 0) is 0 Å². The molecule has 0 unspecified atom stereocenters. The minimum absolute atomic E-state index is 0.220. The predicted octanol–water partition coefficient (Wildman–Crippen LogP) is -0.00170. The number of nitrogens with one attached hydrogen (secondary N) is 1. The number of hydrogen-bond donors (Lipinski definition) is 1. The van der Waals surface area contributed by atoms with Gasteiger partial charge in [0.2, 0.25) is 0 Å². The van der Waals surface area contributed by atoms with Crippen LogP contribution in [0.25, 0.3) is 0 Å². The first kappa shape index (κ1) is 7.72. The van der Waals surface area contributed by atoms with Crippen LogP contribution >= 0.6 is 8.25 Å². The fraction of sp³-hybridized carbons (Fsp3) is 0.750. The lowest BCUT2D eigenvalue weighted by molar-refractivity contribution is 0.0270. The first-order valence-electron chi connectivity index (χ1n) is 2.91. The summed E-state index contributed by atoms with van der Waals surface area (Å²) in [5.41, 5.74) is 0. The SMILES string of the molecule is C1=NCCN1.O=[PH]1OCO1. The molecule has 2 aliphatic rings. The highest BCUT2D eigenvalue weighted by atomic mass is 31.1. The number of aliphatic imine (C=N–C) groups is 1. The summed E-state index contributed by atoms with van der Waals surface area (Å²) in [6.07, 6.45) is 1.74. The first-order valence-corrected chi connectivity index (χ1v) is 4.13. The maximum absolute atomic E-state index is 9.64. The summed E-state index contributed by atoms with van der Waals surface area (Å²) in [5, 5.41) is 2.93. The molecule has 0 saturated carbocycles. The van der Waals surface area contributed by atoms with E-state index in [9.17, 15) is 4.57 Å². The monoisotopic (exact) mass is 164 g/mol. The topological polar surface area (TPSA) is 59.9 Å².